The van der Waals surface area contributed by atoms with Crippen molar-refractivity contribution in [1.82, 2.24) is 4.98 Å². The number of carbonyl (C=O) groups excluding carboxylic acids is 1. The highest BCUT2D eigenvalue weighted by Crippen LogP contribution is 2.29. The first-order chi connectivity index (χ1) is 12.3. The normalized spacial score (nSPS) is 19.4. The van der Waals surface area contributed by atoms with Gasteiger partial charge in [-0.05, 0) is 30.2 Å². The Bertz CT molecular complexity index is 828. The summed E-state index contributed by atoms with van der Waals surface area (Å²) < 4.78 is 5.75. The van der Waals surface area contributed by atoms with Gasteiger partial charge >= 0.3 is 0 Å². The lowest BCUT2D eigenvalue weighted by molar-refractivity contribution is -0.130. The second kappa shape index (κ2) is 6.54. The Hall–Kier alpha value is -2.91. The molecule has 1 aromatic carbocycles. The first kappa shape index (κ1) is 15.6. The van der Waals surface area contributed by atoms with Crippen LogP contribution in [-0.2, 0) is 16.0 Å². The highest BCUT2D eigenvalue weighted by Gasteiger charge is 2.34. The van der Waals surface area contributed by atoms with Gasteiger partial charge in [-0.3, -0.25) is 4.79 Å². The van der Waals surface area contributed by atoms with Gasteiger partial charge in [0.2, 0.25) is 0 Å². The summed E-state index contributed by atoms with van der Waals surface area (Å²) in [4.78, 5) is 21.1. The van der Waals surface area contributed by atoms with Crippen LogP contribution in [0.3, 0.4) is 0 Å². The van der Waals surface area contributed by atoms with E-state index in [4.69, 9.17) is 10.00 Å². The molecule has 1 fully saturated rings. The molecule has 0 aliphatic carbocycles. The minimum absolute atomic E-state index is 0.00305. The van der Waals surface area contributed by atoms with Crippen LogP contribution in [-0.4, -0.2) is 43.2 Å². The topological polar surface area (TPSA) is 69.5 Å². The van der Waals surface area contributed by atoms with Gasteiger partial charge in [-0.15, -0.1) is 0 Å². The molecular formula is C19H18N4O2. The maximum atomic E-state index is 13.0. The van der Waals surface area contributed by atoms with Gasteiger partial charge in [0, 0.05) is 25.0 Å². The van der Waals surface area contributed by atoms with E-state index in [0.29, 0.717) is 31.8 Å². The SMILES string of the molecule is N#Cc1ccc(N2CCOC(C(=O)N3CCc4ccccc43)C2)nc1. The number of anilines is 2. The number of morpholine rings is 1. The van der Waals surface area contributed by atoms with E-state index in [-0.39, 0.29) is 5.91 Å². The standard InChI is InChI=1S/C19H18N4O2/c20-11-14-5-6-18(21-12-14)22-9-10-25-17(13-22)19(24)23-8-7-15-3-1-2-4-16(15)23/h1-6,12,17H,7-10,13H2. The minimum atomic E-state index is -0.502. The van der Waals surface area contributed by atoms with Crippen molar-refractivity contribution in [3.8, 4) is 6.07 Å². The van der Waals surface area contributed by atoms with Crippen LogP contribution in [0, 0.1) is 11.3 Å². The fourth-order valence-electron chi connectivity index (χ4n) is 3.39. The zero-order valence-corrected chi connectivity index (χ0v) is 13.8. The van der Waals surface area contributed by atoms with Gasteiger partial charge in [0.15, 0.2) is 6.10 Å². The van der Waals surface area contributed by atoms with Gasteiger partial charge in [0.05, 0.1) is 18.7 Å². The molecule has 1 atom stereocenters. The van der Waals surface area contributed by atoms with Crippen molar-refractivity contribution in [3.05, 3.63) is 53.7 Å². The van der Waals surface area contributed by atoms with Crippen LogP contribution in [0.15, 0.2) is 42.6 Å². The molecule has 1 saturated heterocycles. The quantitative estimate of drug-likeness (QED) is 0.837. The number of hydrogen-bond acceptors (Lipinski definition) is 5. The van der Waals surface area contributed by atoms with E-state index in [1.807, 2.05) is 34.1 Å². The number of nitrogens with zero attached hydrogens (tertiary/aromatic N) is 4. The Balaban J connectivity index is 1.49. The number of fused-ring (bicyclic) bond motifs is 1. The van der Waals surface area contributed by atoms with Crippen LogP contribution in [0.2, 0.25) is 0 Å². The minimum Gasteiger partial charge on any atom is -0.365 e. The smallest absolute Gasteiger partial charge is 0.257 e. The average Bonchev–Trinajstić information content (AvgIpc) is 3.12. The van der Waals surface area contributed by atoms with E-state index in [1.165, 1.54) is 5.56 Å². The molecule has 2 aliphatic rings. The molecule has 25 heavy (non-hydrogen) atoms. The Kier molecular flexibility index (Phi) is 4.08. The second-order valence-corrected chi connectivity index (χ2v) is 6.19. The fraction of sp³-hybridized carbons (Fsp3) is 0.316. The number of hydrogen-bond donors (Lipinski definition) is 0. The van der Waals surface area contributed by atoms with Crippen molar-refractivity contribution in [2.24, 2.45) is 0 Å². The predicted octanol–water partition coefficient (Wildman–Crippen LogP) is 1.75. The zero-order valence-electron chi connectivity index (χ0n) is 13.8. The summed E-state index contributed by atoms with van der Waals surface area (Å²) in [5, 5.41) is 8.88. The van der Waals surface area contributed by atoms with Gasteiger partial charge in [-0.2, -0.15) is 5.26 Å². The lowest BCUT2D eigenvalue weighted by Crippen LogP contribution is -2.51. The number of benzene rings is 1. The number of pyridine rings is 1. The van der Waals surface area contributed by atoms with Gasteiger partial charge in [-0.25, -0.2) is 4.98 Å². The van der Waals surface area contributed by atoms with Crippen molar-refractivity contribution in [2.75, 3.05) is 36.0 Å². The number of rotatable bonds is 2. The molecule has 2 aromatic rings. The highest BCUT2D eigenvalue weighted by molar-refractivity contribution is 5.98. The number of ether oxygens (including phenoxy) is 1. The molecular weight excluding hydrogens is 316 g/mol. The van der Waals surface area contributed by atoms with Crippen molar-refractivity contribution >= 4 is 17.4 Å². The van der Waals surface area contributed by atoms with Gasteiger partial charge in [0.25, 0.3) is 5.91 Å². The van der Waals surface area contributed by atoms with Crippen LogP contribution >= 0.6 is 0 Å². The predicted molar refractivity (Wildman–Crippen MR) is 93.4 cm³/mol. The summed E-state index contributed by atoms with van der Waals surface area (Å²) in [6, 6.07) is 13.6. The van der Waals surface area contributed by atoms with Crippen molar-refractivity contribution in [1.29, 1.82) is 5.26 Å². The summed E-state index contributed by atoms with van der Waals surface area (Å²) in [6.07, 6.45) is 1.94. The maximum absolute atomic E-state index is 13.0. The van der Waals surface area contributed by atoms with E-state index in [0.717, 1.165) is 17.9 Å². The largest absolute Gasteiger partial charge is 0.365 e. The Labute approximate surface area is 146 Å². The Morgan fingerprint density at radius 3 is 2.92 bits per heavy atom. The number of nitriles is 1. The third-order valence-corrected chi connectivity index (χ3v) is 4.70. The molecule has 0 saturated carbocycles. The van der Waals surface area contributed by atoms with Crippen LogP contribution in [0.1, 0.15) is 11.1 Å². The molecule has 0 bridgehead atoms. The molecule has 1 aromatic heterocycles. The molecule has 4 rings (SSSR count). The van der Waals surface area contributed by atoms with E-state index < -0.39 is 6.10 Å². The van der Waals surface area contributed by atoms with Crippen LogP contribution in [0.25, 0.3) is 0 Å². The first-order valence-electron chi connectivity index (χ1n) is 8.38. The van der Waals surface area contributed by atoms with Crippen LogP contribution < -0.4 is 9.80 Å². The fourth-order valence-corrected chi connectivity index (χ4v) is 3.39. The van der Waals surface area contributed by atoms with Crippen molar-refractivity contribution in [3.63, 3.8) is 0 Å². The lowest BCUT2D eigenvalue weighted by atomic mass is 10.2. The number of para-hydroxylation sites is 1. The van der Waals surface area contributed by atoms with Gasteiger partial charge < -0.3 is 14.5 Å². The van der Waals surface area contributed by atoms with E-state index in [1.54, 1.807) is 12.3 Å². The molecule has 0 radical (unpaired) electrons. The molecule has 2 aliphatic heterocycles. The molecule has 0 N–H and O–H groups in total. The van der Waals surface area contributed by atoms with Gasteiger partial charge in [0.1, 0.15) is 11.9 Å². The van der Waals surface area contributed by atoms with Gasteiger partial charge in [-0.1, -0.05) is 18.2 Å². The molecule has 126 valence electrons. The number of aromatic nitrogens is 1. The zero-order chi connectivity index (χ0) is 17.2. The second-order valence-electron chi connectivity index (χ2n) is 6.19. The maximum Gasteiger partial charge on any atom is 0.257 e. The number of amides is 1. The third-order valence-electron chi connectivity index (χ3n) is 4.70. The lowest BCUT2D eigenvalue weighted by Gasteiger charge is -2.34. The summed E-state index contributed by atoms with van der Waals surface area (Å²) in [5.74, 6) is 0.769. The van der Waals surface area contributed by atoms with E-state index in [9.17, 15) is 4.79 Å². The third kappa shape index (κ3) is 2.94. The number of carbonyl (C=O) groups is 1. The first-order valence-corrected chi connectivity index (χ1v) is 8.38. The molecule has 6 nitrogen and oxygen atoms in total. The highest BCUT2D eigenvalue weighted by atomic mass is 16.5. The molecule has 1 amide bonds. The summed E-state index contributed by atoms with van der Waals surface area (Å²) in [6.45, 7) is 2.33. The van der Waals surface area contributed by atoms with Crippen LogP contribution in [0.5, 0.6) is 0 Å². The monoisotopic (exact) mass is 334 g/mol. The summed E-state index contributed by atoms with van der Waals surface area (Å²) >= 11 is 0. The summed E-state index contributed by atoms with van der Waals surface area (Å²) in [7, 11) is 0. The molecule has 0 spiro atoms. The van der Waals surface area contributed by atoms with Crippen LogP contribution in [0.4, 0.5) is 11.5 Å². The Morgan fingerprint density at radius 1 is 1.24 bits per heavy atom. The van der Waals surface area contributed by atoms with Crippen molar-refractivity contribution in [2.45, 2.75) is 12.5 Å². The average molecular weight is 334 g/mol. The molecule has 1 unspecified atom stereocenters. The molecule has 3 heterocycles. The van der Waals surface area contributed by atoms with E-state index in [2.05, 4.69) is 17.1 Å². The Morgan fingerprint density at radius 2 is 2.12 bits per heavy atom. The molecule has 6 heteroatoms. The summed E-state index contributed by atoms with van der Waals surface area (Å²) in [5.41, 5.74) is 2.72. The van der Waals surface area contributed by atoms with E-state index >= 15 is 0 Å². The van der Waals surface area contributed by atoms with Crippen molar-refractivity contribution < 1.29 is 9.53 Å².